The summed E-state index contributed by atoms with van der Waals surface area (Å²) in [4.78, 5) is 0. The molecule has 0 amide bonds. The van der Waals surface area contributed by atoms with Gasteiger partial charge in [-0.25, -0.2) is 0 Å². The third kappa shape index (κ3) is 2.14. The van der Waals surface area contributed by atoms with Gasteiger partial charge in [-0.1, -0.05) is 6.92 Å². The maximum Gasteiger partial charge on any atom is 0.0292 e. The van der Waals surface area contributed by atoms with Crippen molar-refractivity contribution in [2.75, 3.05) is 19.0 Å². The van der Waals surface area contributed by atoms with E-state index in [1.807, 2.05) is 0 Å². The highest BCUT2D eigenvalue weighted by Crippen LogP contribution is 2.45. The van der Waals surface area contributed by atoms with E-state index in [1.165, 1.54) is 19.3 Å². The highest BCUT2D eigenvalue weighted by Gasteiger charge is 2.40. The van der Waals surface area contributed by atoms with Gasteiger partial charge in [0.2, 0.25) is 0 Å². The lowest BCUT2D eigenvalue weighted by atomic mass is 10.1. The van der Waals surface area contributed by atoms with Crippen LogP contribution in [0.2, 0.25) is 0 Å². The standard InChI is InChI=1S/C8H16ClN/c1-2-5-10-7-8(6-9)3-4-8/h10H,2-7H2,1H3. The summed E-state index contributed by atoms with van der Waals surface area (Å²) in [5.74, 6) is 0.837. The predicted octanol–water partition coefficient (Wildman–Crippen LogP) is 2.00. The second-order valence-electron chi connectivity index (χ2n) is 3.31. The van der Waals surface area contributed by atoms with E-state index in [2.05, 4.69) is 12.2 Å². The average Bonchev–Trinajstić information content (AvgIpc) is 2.70. The molecule has 60 valence electrons. The minimum absolute atomic E-state index is 0.497. The number of rotatable bonds is 5. The van der Waals surface area contributed by atoms with Crippen molar-refractivity contribution < 1.29 is 0 Å². The maximum atomic E-state index is 5.79. The maximum absolute atomic E-state index is 5.79. The van der Waals surface area contributed by atoms with Crippen molar-refractivity contribution in [3.63, 3.8) is 0 Å². The van der Waals surface area contributed by atoms with Crippen LogP contribution in [0.25, 0.3) is 0 Å². The van der Waals surface area contributed by atoms with E-state index in [0.29, 0.717) is 5.41 Å². The monoisotopic (exact) mass is 161 g/mol. The van der Waals surface area contributed by atoms with Crippen molar-refractivity contribution in [1.82, 2.24) is 5.32 Å². The van der Waals surface area contributed by atoms with E-state index < -0.39 is 0 Å². The Bertz CT molecular complexity index is 99.4. The number of hydrogen-bond donors (Lipinski definition) is 1. The SMILES string of the molecule is CCCNCC1(CCl)CC1. The van der Waals surface area contributed by atoms with Gasteiger partial charge >= 0.3 is 0 Å². The molecule has 1 aliphatic rings. The summed E-state index contributed by atoms with van der Waals surface area (Å²) in [6, 6.07) is 0. The van der Waals surface area contributed by atoms with Gasteiger partial charge in [-0.15, -0.1) is 11.6 Å². The lowest BCUT2D eigenvalue weighted by Crippen LogP contribution is -2.25. The predicted molar refractivity (Wildman–Crippen MR) is 45.5 cm³/mol. The Balaban J connectivity index is 2.01. The van der Waals surface area contributed by atoms with E-state index in [1.54, 1.807) is 0 Å². The van der Waals surface area contributed by atoms with E-state index >= 15 is 0 Å². The van der Waals surface area contributed by atoms with Crippen LogP contribution < -0.4 is 5.32 Å². The van der Waals surface area contributed by atoms with Gasteiger partial charge < -0.3 is 5.32 Å². The topological polar surface area (TPSA) is 12.0 Å². The number of halogens is 1. The molecule has 0 atom stereocenters. The van der Waals surface area contributed by atoms with Gasteiger partial charge in [-0.2, -0.15) is 0 Å². The van der Waals surface area contributed by atoms with Crippen LogP contribution in [0.1, 0.15) is 26.2 Å². The Kier molecular flexibility index (Phi) is 2.99. The van der Waals surface area contributed by atoms with Crippen molar-refractivity contribution >= 4 is 11.6 Å². The second kappa shape index (κ2) is 3.59. The van der Waals surface area contributed by atoms with Crippen molar-refractivity contribution in [2.24, 2.45) is 5.41 Å². The Labute approximate surface area is 68.1 Å². The summed E-state index contributed by atoms with van der Waals surface area (Å²) in [5.41, 5.74) is 0.497. The highest BCUT2D eigenvalue weighted by atomic mass is 35.5. The summed E-state index contributed by atoms with van der Waals surface area (Å²) >= 11 is 5.79. The number of hydrogen-bond acceptors (Lipinski definition) is 1. The molecule has 0 saturated heterocycles. The summed E-state index contributed by atoms with van der Waals surface area (Å²) < 4.78 is 0. The van der Waals surface area contributed by atoms with Gasteiger partial charge in [0.15, 0.2) is 0 Å². The van der Waals surface area contributed by atoms with Crippen LogP contribution in [-0.2, 0) is 0 Å². The molecule has 1 nitrogen and oxygen atoms in total. The Morgan fingerprint density at radius 1 is 1.50 bits per heavy atom. The van der Waals surface area contributed by atoms with Crippen LogP contribution in [0.4, 0.5) is 0 Å². The molecule has 0 spiro atoms. The minimum atomic E-state index is 0.497. The molecular weight excluding hydrogens is 146 g/mol. The molecule has 1 rings (SSSR count). The van der Waals surface area contributed by atoms with Gasteiger partial charge in [0.05, 0.1) is 0 Å². The smallest absolute Gasteiger partial charge is 0.0292 e. The molecule has 1 N–H and O–H groups in total. The molecule has 1 aliphatic carbocycles. The minimum Gasteiger partial charge on any atom is -0.316 e. The average molecular weight is 162 g/mol. The van der Waals surface area contributed by atoms with Crippen LogP contribution in [0.3, 0.4) is 0 Å². The number of alkyl halides is 1. The molecule has 1 fully saturated rings. The zero-order valence-corrected chi connectivity index (χ0v) is 7.38. The van der Waals surface area contributed by atoms with Gasteiger partial charge in [0.1, 0.15) is 0 Å². The Hall–Kier alpha value is 0.250. The summed E-state index contributed by atoms with van der Waals surface area (Å²) in [7, 11) is 0. The third-order valence-electron chi connectivity index (χ3n) is 2.17. The Morgan fingerprint density at radius 2 is 2.20 bits per heavy atom. The van der Waals surface area contributed by atoms with Crippen LogP contribution >= 0.6 is 11.6 Å². The normalized spacial score (nSPS) is 21.0. The number of nitrogens with one attached hydrogen (secondary N) is 1. The molecule has 0 aliphatic heterocycles. The first-order chi connectivity index (χ1) is 4.83. The zero-order valence-electron chi connectivity index (χ0n) is 6.62. The van der Waals surface area contributed by atoms with Crippen molar-refractivity contribution in [2.45, 2.75) is 26.2 Å². The largest absolute Gasteiger partial charge is 0.316 e. The summed E-state index contributed by atoms with van der Waals surface area (Å²) in [5, 5.41) is 3.40. The Morgan fingerprint density at radius 3 is 2.60 bits per heavy atom. The van der Waals surface area contributed by atoms with Crippen molar-refractivity contribution in [3.8, 4) is 0 Å². The lowest BCUT2D eigenvalue weighted by Gasteiger charge is -2.10. The first kappa shape index (κ1) is 8.35. The second-order valence-corrected chi connectivity index (χ2v) is 3.58. The molecule has 2 heteroatoms. The molecule has 0 radical (unpaired) electrons. The van der Waals surface area contributed by atoms with Crippen LogP contribution in [0.5, 0.6) is 0 Å². The molecule has 0 aromatic rings. The van der Waals surface area contributed by atoms with Crippen LogP contribution in [0, 0.1) is 5.41 Å². The van der Waals surface area contributed by atoms with E-state index in [0.717, 1.165) is 19.0 Å². The molecule has 0 bridgehead atoms. The molecule has 0 aromatic heterocycles. The first-order valence-corrected chi connectivity index (χ1v) is 4.63. The van der Waals surface area contributed by atoms with Crippen molar-refractivity contribution in [3.05, 3.63) is 0 Å². The fourth-order valence-electron chi connectivity index (χ4n) is 1.06. The van der Waals surface area contributed by atoms with Gasteiger partial charge in [0, 0.05) is 12.4 Å². The molecular formula is C8H16ClN. The molecule has 0 heterocycles. The highest BCUT2D eigenvalue weighted by molar-refractivity contribution is 6.18. The fraction of sp³-hybridized carbons (Fsp3) is 1.00. The van der Waals surface area contributed by atoms with E-state index in [-0.39, 0.29) is 0 Å². The van der Waals surface area contributed by atoms with Gasteiger partial charge in [-0.3, -0.25) is 0 Å². The molecule has 1 saturated carbocycles. The van der Waals surface area contributed by atoms with Crippen LogP contribution in [0.15, 0.2) is 0 Å². The zero-order chi connectivity index (χ0) is 7.45. The van der Waals surface area contributed by atoms with Crippen molar-refractivity contribution in [1.29, 1.82) is 0 Å². The first-order valence-electron chi connectivity index (χ1n) is 4.10. The lowest BCUT2D eigenvalue weighted by molar-refractivity contribution is 0.505. The van der Waals surface area contributed by atoms with E-state index in [4.69, 9.17) is 11.6 Å². The molecule has 0 unspecified atom stereocenters. The summed E-state index contributed by atoms with van der Waals surface area (Å²) in [6.45, 7) is 4.45. The van der Waals surface area contributed by atoms with Gasteiger partial charge in [-0.05, 0) is 31.2 Å². The van der Waals surface area contributed by atoms with Crippen LogP contribution in [-0.4, -0.2) is 19.0 Å². The molecule has 10 heavy (non-hydrogen) atoms. The molecule has 0 aromatic carbocycles. The quantitative estimate of drug-likeness (QED) is 0.481. The van der Waals surface area contributed by atoms with Gasteiger partial charge in [0.25, 0.3) is 0 Å². The van der Waals surface area contributed by atoms with E-state index in [9.17, 15) is 0 Å². The third-order valence-corrected chi connectivity index (χ3v) is 2.73. The fourth-order valence-corrected chi connectivity index (χ4v) is 1.43. The summed E-state index contributed by atoms with van der Waals surface area (Å²) in [6.07, 6.45) is 3.87.